The highest BCUT2D eigenvalue weighted by molar-refractivity contribution is 8.05. The first kappa shape index (κ1) is 12.6. The van der Waals surface area contributed by atoms with Gasteiger partial charge in [0.1, 0.15) is 0 Å². The van der Waals surface area contributed by atoms with E-state index < -0.39 is 11.9 Å². The predicted molar refractivity (Wildman–Crippen MR) is 77.2 cm³/mol. The molecule has 0 spiro atoms. The highest BCUT2D eigenvalue weighted by atomic mass is 32.2. The summed E-state index contributed by atoms with van der Waals surface area (Å²) in [5.41, 5.74) is 0.900. The van der Waals surface area contributed by atoms with Crippen molar-refractivity contribution < 1.29 is 9.90 Å². The van der Waals surface area contributed by atoms with E-state index in [1.54, 1.807) is 30.4 Å². The molecule has 1 N–H and O–H groups in total. The average Bonchev–Trinajstić information content (AvgIpc) is 2.43. The van der Waals surface area contributed by atoms with Crippen LogP contribution in [-0.2, 0) is 4.79 Å². The number of carboxylic acids is 1. The molecule has 0 aromatic heterocycles. The minimum Gasteiger partial charge on any atom is -0.481 e. The summed E-state index contributed by atoms with van der Waals surface area (Å²) < 4.78 is 0. The van der Waals surface area contributed by atoms with Gasteiger partial charge in [-0.1, -0.05) is 47.8 Å². The molecule has 1 aliphatic rings. The monoisotopic (exact) mass is 288 g/mol. The van der Waals surface area contributed by atoms with Gasteiger partial charge in [-0.05, 0) is 30.7 Å². The molecule has 0 bridgehead atoms. The third-order valence-corrected chi connectivity index (χ3v) is 5.76. The van der Waals surface area contributed by atoms with Crippen LogP contribution in [0.4, 0.5) is 0 Å². The first-order chi connectivity index (χ1) is 9.16. The molecule has 0 aliphatic carbocycles. The minimum atomic E-state index is -0.780. The van der Waals surface area contributed by atoms with Gasteiger partial charge in [-0.15, -0.1) is 0 Å². The lowest BCUT2D eigenvalue weighted by Gasteiger charge is -2.22. The summed E-state index contributed by atoms with van der Waals surface area (Å²) in [6.07, 6.45) is 0. The van der Waals surface area contributed by atoms with E-state index in [-0.39, 0.29) is 0 Å². The number of fused-ring (bicyclic) bond motifs is 2. The number of rotatable bonds is 2. The lowest BCUT2D eigenvalue weighted by Crippen LogP contribution is -2.09. The van der Waals surface area contributed by atoms with Gasteiger partial charge in [0, 0.05) is 19.6 Å². The topological polar surface area (TPSA) is 37.3 Å². The Morgan fingerprint density at radius 3 is 2.32 bits per heavy atom. The van der Waals surface area contributed by atoms with E-state index in [1.165, 1.54) is 9.79 Å². The van der Waals surface area contributed by atoms with Crippen LogP contribution in [0.25, 0.3) is 0 Å². The molecular weight excluding hydrogens is 276 g/mol. The highest BCUT2D eigenvalue weighted by Crippen LogP contribution is 2.50. The number of benzene rings is 2. The van der Waals surface area contributed by atoms with Crippen molar-refractivity contribution in [2.45, 2.75) is 32.4 Å². The predicted octanol–water partition coefficient (Wildman–Crippen LogP) is 4.49. The Morgan fingerprint density at radius 1 is 1.00 bits per heavy atom. The van der Waals surface area contributed by atoms with Crippen LogP contribution in [0.5, 0.6) is 0 Å². The van der Waals surface area contributed by atoms with Gasteiger partial charge in [0.25, 0.3) is 0 Å². The van der Waals surface area contributed by atoms with E-state index in [0.29, 0.717) is 0 Å². The Kier molecular flexibility index (Phi) is 3.29. The molecule has 0 amide bonds. The molecule has 4 heteroatoms. The van der Waals surface area contributed by atoms with Gasteiger partial charge in [-0.25, -0.2) is 0 Å². The van der Waals surface area contributed by atoms with Crippen molar-refractivity contribution in [3.8, 4) is 0 Å². The van der Waals surface area contributed by atoms with Gasteiger partial charge in [0.2, 0.25) is 0 Å². The molecule has 2 aromatic rings. The van der Waals surface area contributed by atoms with Crippen molar-refractivity contribution in [2.24, 2.45) is 0 Å². The van der Waals surface area contributed by atoms with Crippen LogP contribution < -0.4 is 0 Å². The van der Waals surface area contributed by atoms with Crippen molar-refractivity contribution in [2.75, 3.05) is 0 Å². The summed E-state index contributed by atoms with van der Waals surface area (Å²) in [6, 6.07) is 14.1. The molecule has 2 aromatic carbocycles. The third kappa shape index (κ3) is 2.26. The molecule has 0 fully saturated rings. The number of aliphatic carboxylic acids is 1. The molecule has 2 nitrogen and oxygen atoms in total. The third-order valence-electron chi connectivity index (χ3n) is 3.13. The second-order valence-corrected chi connectivity index (χ2v) is 6.52. The SMILES string of the molecule is CC(C(=O)O)c1cccc2c1Sc1ccccc1S2. The minimum absolute atomic E-state index is 0.478. The van der Waals surface area contributed by atoms with Gasteiger partial charge in [-0.2, -0.15) is 0 Å². The molecular formula is C15H12O2S2. The van der Waals surface area contributed by atoms with Crippen LogP contribution in [0.2, 0.25) is 0 Å². The van der Waals surface area contributed by atoms with E-state index >= 15 is 0 Å². The van der Waals surface area contributed by atoms with E-state index in [2.05, 4.69) is 18.2 Å². The average molecular weight is 288 g/mol. The van der Waals surface area contributed by atoms with Gasteiger partial charge < -0.3 is 5.11 Å². The van der Waals surface area contributed by atoms with Crippen LogP contribution in [0.3, 0.4) is 0 Å². The van der Waals surface area contributed by atoms with Gasteiger partial charge in [0.05, 0.1) is 5.92 Å². The lowest BCUT2D eigenvalue weighted by atomic mass is 10.0. The zero-order valence-corrected chi connectivity index (χ0v) is 11.9. The molecule has 19 heavy (non-hydrogen) atoms. The second kappa shape index (κ2) is 4.94. The standard InChI is InChI=1S/C15H12O2S2/c1-9(15(16)17)10-5-4-8-13-14(10)19-12-7-3-2-6-11(12)18-13/h2-9H,1H3,(H,16,17). The summed E-state index contributed by atoms with van der Waals surface area (Å²) in [7, 11) is 0. The Hall–Kier alpha value is -1.39. The summed E-state index contributed by atoms with van der Waals surface area (Å²) in [6.45, 7) is 1.74. The summed E-state index contributed by atoms with van der Waals surface area (Å²) >= 11 is 3.38. The molecule has 1 unspecified atom stereocenters. The van der Waals surface area contributed by atoms with Crippen molar-refractivity contribution in [3.63, 3.8) is 0 Å². The molecule has 1 atom stereocenters. The maximum Gasteiger partial charge on any atom is 0.310 e. The Bertz CT molecular complexity index is 652. The summed E-state index contributed by atoms with van der Waals surface area (Å²) in [5, 5.41) is 9.22. The Morgan fingerprint density at radius 2 is 1.63 bits per heavy atom. The van der Waals surface area contributed by atoms with Crippen LogP contribution in [0, 0.1) is 0 Å². The quantitative estimate of drug-likeness (QED) is 0.754. The first-order valence-corrected chi connectivity index (χ1v) is 7.60. The van der Waals surface area contributed by atoms with Crippen molar-refractivity contribution in [1.82, 2.24) is 0 Å². The van der Waals surface area contributed by atoms with Crippen molar-refractivity contribution in [1.29, 1.82) is 0 Å². The molecule has 0 saturated heterocycles. The first-order valence-electron chi connectivity index (χ1n) is 5.97. The van der Waals surface area contributed by atoms with Crippen LogP contribution >= 0.6 is 23.5 Å². The maximum absolute atomic E-state index is 11.2. The van der Waals surface area contributed by atoms with E-state index in [4.69, 9.17) is 0 Å². The molecule has 0 saturated carbocycles. The van der Waals surface area contributed by atoms with E-state index in [1.807, 2.05) is 24.3 Å². The molecule has 3 rings (SSSR count). The van der Waals surface area contributed by atoms with E-state index in [9.17, 15) is 9.90 Å². The Balaban J connectivity index is 2.08. The van der Waals surface area contributed by atoms with Crippen LogP contribution in [0.15, 0.2) is 62.0 Å². The number of carbonyl (C=O) groups is 1. The smallest absolute Gasteiger partial charge is 0.310 e. The zero-order valence-electron chi connectivity index (χ0n) is 10.3. The fourth-order valence-corrected chi connectivity index (χ4v) is 4.52. The van der Waals surface area contributed by atoms with Crippen LogP contribution in [-0.4, -0.2) is 11.1 Å². The van der Waals surface area contributed by atoms with Crippen molar-refractivity contribution in [3.05, 3.63) is 48.0 Å². The fourth-order valence-electron chi connectivity index (χ4n) is 2.04. The zero-order chi connectivity index (χ0) is 13.4. The number of hydrogen-bond acceptors (Lipinski definition) is 3. The maximum atomic E-state index is 11.2. The van der Waals surface area contributed by atoms with E-state index in [0.717, 1.165) is 15.4 Å². The highest BCUT2D eigenvalue weighted by Gasteiger charge is 2.24. The van der Waals surface area contributed by atoms with Gasteiger partial charge in [-0.3, -0.25) is 4.79 Å². The second-order valence-electron chi connectivity index (χ2n) is 4.39. The Labute approximate surface area is 120 Å². The molecule has 1 heterocycles. The molecule has 1 aliphatic heterocycles. The van der Waals surface area contributed by atoms with Crippen molar-refractivity contribution >= 4 is 29.5 Å². The number of carboxylic acid groups (broad SMARTS) is 1. The molecule has 96 valence electrons. The largest absolute Gasteiger partial charge is 0.481 e. The lowest BCUT2D eigenvalue weighted by molar-refractivity contribution is -0.138. The molecule has 0 radical (unpaired) electrons. The van der Waals surface area contributed by atoms with Gasteiger partial charge >= 0.3 is 5.97 Å². The summed E-state index contributed by atoms with van der Waals surface area (Å²) in [4.78, 5) is 15.9. The van der Waals surface area contributed by atoms with Crippen LogP contribution in [0.1, 0.15) is 18.4 Å². The summed E-state index contributed by atoms with van der Waals surface area (Å²) in [5.74, 6) is -1.26. The number of hydrogen-bond donors (Lipinski definition) is 1. The fraction of sp³-hybridized carbons (Fsp3) is 0.133. The van der Waals surface area contributed by atoms with Gasteiger partial charge in [0.15, 0.2) is 0 Å². The normalized spacial score (nSPS) is 14.4.